The molecule has 7 heteroatoms. The average Bonchev–Trinajstić information content (AvgIpc) is 2.06. The van der Waals surface area contributed by atoms with E-state index in [0.717, 1.165) is 0 Å². The largest absolute Gasteiger partial charge is 0.497 e. The first kappa shape index (κ1) is 11.8. The maximum Gasteiger partial charge on any atom is 0.497 e. The molecule has 1 aromatic rings. The molecule has 0 fully saturated rings. The van der Waals surface area contributed by atoms with Crippen molar-refractivity contribution in [3.63, 3.8) is 0 Å². The maximum atomic E-state index is 12.0. The van der Waals surface area contributed by atoms with Crippen LogP contribution >= 0.6 is 0 Å². The molecule has 0 aliphatic heterocycles. The average molecular weight is 239 g/mol. The van der Waals surface area contributed by atoms with Crippen molar-refractivity contribution in [3.05, 3.63) is 29.8 Å². The number of rotatable bonds is 2. The molecule has 0 bridgehead atoms. The van der Waals surface area contributed by atoms with Crippen LogP contribution in [0.5, 0.6) is 0 Å². The van der Waals surface area contributed by atoms with Crippen LogP contribution in [0.2, 0.25) is 0 Å². The minimum Gasteiger partial charge on any atom is -0.399 e. The van der Waals surface area contributed by atoms with Gasteiger partial charge in [0.1, 0.15) is 0 Å². The van der Waals surface area contributed by atoms with Gasteiger partial charge < -0.3 is 5.73 Å². The summed E-state index contributed by atoms with van der Waals surface area (Å²) in [5.41, 5.74) is 0.512. The summed E-state index contributed by atoms with van der Waals surface area (Å²) in [7, 11) is -5.10. The molecule has 0 saturated heterocycles. The van der Waals surface area contributed by atoms with Gasteiger partial charge in [-0.2, -0.15) is 13.2 Å². The Labute approximate surface area is 84.6 Å². The monoisotopic (exact) mass is 239 g/mol. The van der Waals surface area contributed by atoms with Gasteiger partial charge in [-0.1, -0.05) is 12.1 Å². The summed E-state index contributed by atoms with van der Waals surface area (Å²) in [6, 6.07) is 5.19. The first-order valence-electron chi connectivity index (χ1n) is 3.86. The maximum absolute atomic E-state index is 12.0. The lowest BCUT2D eigenvalue weighted by Gasteiger charge is -2.07. The van der Waals surface area contributed by atoms with E-state index in [1.165, 1.54) is 24.3 Å². The predicted octanol–water partition coefficient (Wildman–Crippen LogP) is 1.70. The summed E-state index contributed by atoms with van der Waals surface area (Å²) >= 11 is 0. The number of benzene rings is 1. The molecule has 0 heterocycles. The third-order valence-corrected chi connectivity index (χ3v) is 3.11. The number of hydrogen-bond donors (Lipinski definition) is 1. The van der Waals surface area contributed by atoms with Gasteiger partial charge in [0.15, 0.2) is 0 Å². The van der Waals surface area contributed by atoms with Gasteiger partial charge in [-0.3, -0.25) is 0 Å². The van der Waals surface area contributed by atoms with Crippen molar-refractivity contribution in [2.75, 3.05) is 5.73 Å². The van der Waals surface area contributed by atoms with E-state index in [1.807, 2.05) is 0 Å². The van der Waals surface area contributed by atoms with Gasteiger partial charge in [0, 0.05) is 5.69 Å². The van der Waals surface area contributed by atoms with Gasteiger partial charge in [-0.15, -0.1) is 0 Å². The van der Waals surface area contributed by atoms with Crippen molar-refractivity contribution < 1.29 is 21.6 Å². The molecule has 0 radical (unpaired) electrons. The van der Waals surface area contributed by atoms with Crippen molar-refractivity contribution >= 4 is 15.5 Å². The number of sulfone groups is 1. The molecule has 2 N–H and O–H groups in total. The molecule has 0 spiro atoms. The second-order valence-corrected chi connectivity index (χ2v) is 4.93. The summed E-state index contributed by atoms with van der Waals surface area (Å²) in [4.78, 5) is 0. The number of anilines is 1. The Morgan fingerprint density at radius 2 is 1.60 bits per heavy atom. The van der Waals surface area contributed by atoms with E-state index < -0.39 is 21.1 Å². The van der Waals surface area contributed by atoms with Crippen LogP contribution in [-0.4, -0.2) is 13.9 Å². The van der Waals surface area contributed by atoms with Crippen molar-refractivity contribution in [2.45, 2.75) is 11.3 Å². The lowest BCUT2D eigenvalue weighted by Crippen LogP contribution is -2.24. The van der Waals surface area contributed by atoms with Gasteiger partial charge in [-0.25, -0.2) is 8.42 Å². The van der Waals surface area contributed by atoms with Crippen LogP contribution in [0.15, 0.2) is 24.3 Å². The van der Waals surface area contributed by atoms with Crippen molar-refractivity contribution in [1.82, 2.24) is 0 Å². The molecule has 0 aliphatic carbocycles. The Morgan fingerprint density at radius 3 is 2.00 bits per heavy atom. The quantitative estimate of drug-likeness (QED) is 0.799. The Bertz CT molecular complexity index is 436. The molecule has 0 unspecified atom stereocenters. The molecule has 0 saturated carbocycles. The van der Waals surface area contributed by atoms with Crippen LogP contribution in [0, 0.1) is 0 Å². The first-order chi connectivity index (χ1) is 6.72. The third kappa shape index (κ3) is 2.85. The Morgan fingerprint density at radius 1 is 1.13 bits per heavy atom. The van der Waals surface area contributed by atoms with Gasteiger partial charge in [0.25, 0.3) is 9.84 Å². The molecule has 0 atom stereocenters. The van der Waals surface area contributed by atoms with Crippen LogP contribution in [0.4, 0.5) is 18.9 Å². The van der Waals surface area contributed by atoms with E-state index in [2.05, 4.69) is 0 Å². The lowest BCUT2D eigenvalue weighted by molar-refractivity contribution is -0.0437. The van der Waals surface area contributed by atoms with Crippen molar-refractivity contribution in [2.24, 2.45) is 0 Å². The number of nitrogens with two attached hydrogens (primary N) is 1. The Hall–Kier alpha value is -1.24. The van der Waals surface area contributed by atoms with E-state index in [4.69, 9.17) is 5.73 Å². The van der Waals surface area contributed by atoms with E-state index in [9.17, 15) is 21.6 Å². The fourth-order valence-corrected chi connectivity index (χ4v) is 1.71. The predicted molar refractivity (Wildman–Crippen MR) is 49.5 cm³/mol. The fourth-order valence-electron chi connectivity index (χ4n) is 0.915. The summed E-state index contributed by atoms with van der Waals surface area (Å²) in [6.45, 7) is 0. The summed E-state index contributed by atoms with van der Waals surface area (Å²) in [5.74, 6) is -1.06. The lowest BCUT2D eigenvalue weighted by atomic mass is 10.2. The topological polar surface area (TPSA) is 60.2 Å². The van der Waals surface area contributed by atoms with E-state index >= 15 is 0 Å². The number of alkyl halides is 3. The molecule has 0 aromatic heterocycles. The molecular weight excluding hydrogens is 231 g/mol. The molecular formula is C8H8F3NO2S. The van der Waals surface area contributed by atoms with Gasteiger partial charge in [0.05, 0.1) is 5.75 Å². The van der Waals surface area contributed by atoms with Gasteiger partial charge in [0.2, 0.25) is 0 Å². The zero-order chi connectivity index (χ0) is 11.7. The Kier molecular flexibility index (Phi) is 2.94. The number of halogens is 3. The minimum atomic E-state index is -5.21. The van der Waals surface area contributed by atoms with E-state index in [-0.39, 0.29) is 5.56 Å². The summed E-state index contributed by atoms with van der Waals surface area (Å²) in [6.07, 6.45) is 0. The number of hydrogen-bond acceptors (Lipinski definition) is 3. The minimum absolute atomic E-state index is 0.0570. The highest BCUT2D eigenvalue weighted by Gasteiger charge is 2.45. The fraction of sp³-hybridized carbons (Fsp3) is 0.250. The van der Waals surface area contributed by atoms with Crippen LogP contribution < -0.4 is 5.73 Å². The van der Waals surface area contributed by atoms with E-state index in [0.29, 0.717) is 5.69 Å². The molecule has 1 aromatic carbocycles. The van der Waals surface area contributed by atoms with Crippen LogP contribution in [0.3, 0.4) is 0 Å². The van der Waals surface area contributed by atoms with Gasteiger partial charge in [-0.05, 0) is 17.7 Å². The van der Waals surface area contributed by atoms with Crippen molar-refractivity contribution in [1.29, 1.82) is 0 Å². The summed E-state index contributed by atoms with van der Waals surface area (Å²) in [5, 5.41) is 0. The molecule has 1 rings (SSSR count). The SMILES string of the molecule is Nc1ccc(CS(=O)(=O)C(F)(F)F)cc1. The molecule has 0 aliphatic rings. The first-order valence-corrected chi connectivity index (χ1v) is 5.51. The Balaban J connectivity index is 2.93. The number of nitrogen functional groups attached to an aromatic ring is 1. The highest BCUT2D eigenvalue weighted by atomic mass is 32.2. The van der Waals surface area contributed by atoms with Crippen LogP contribution in [0.25, 0.3) is 0 Å². The molecule has 15 heavy (non-hydrogen) atoms. The van der Waals surface area contributed by atoms with Gasteiger partial charge >= 0.3 is 5.51 Å². The highest BCUT2D eigenvalue weighted by molar-refractivity contribution is 7.91. The molecule has 3 nitrogen and oxygen atoms in total. The second-order valence-electron chi connectivity index (χ2n) is 2.95. The van der Waals surface area contributed by atoms with Crippen LogP contribution in [0.1, 0.15) is 5.56 Å². The third-order valence-electron chi connectivity index (χ3n) is 1.69. The highest BCUT2D eigenvalue weighted by Crippen LogP contribution is 2.26. The standard InChI is InChI=1S/C8H8F3NO2S/c9-8(10,11)15(13,14)5-6-1-3-7(12)4-2-6/h1-4H,5,12H2. The molecule has 84 valence electrons. The zero-order valence-corrected chi connectivity index (χ0v) is 8.27. The summed E-state index contributed by atoms with van der Waals surface area (Å²) < 4.78 is 57.5. The smallest absolute Gasteiger partial charge is 0.399 e. The second kappa shape index (κ2) is 3.73. The molecule has 0 amide bonds. The zero-order valence-electron chi connectivity index (χ0n) is 7.45. The normalized spacial score (nSPS) is 12.7. The van der Waals surface area contributed by atoms with Crippen molar-refractivity contribution in [3.8, 4) is 0 Å². The van der Waals surface area contributed by atoms with Crippen LogP contribution in [-0.2, 0) is 15.6 Å². The van der Waals surface area contributed by atoms with E-state index in [1.54, 1.807) is 0 Å².